The van der Waals surface area contributed by atoms with Gasteiger partial charge in [0.2, 0.25) is 11.8 Å². The van der Waals surface area contributed by atoms with E-state index in [4.69, 9.17) is 9.15 Å². The zero-order chi connectivity index (χ0) is 28.6. The van der Waals surface area contributed by atoms with Gasteiger partial charge in [-0.3, -0.25) is 9.59 Å². The van der Waals surface area contributed by atoms with Crippen LogP contribution >= 0.6 is 0 Å². The summed E-state index contributed by atoms with van der Waals surface area (Å²) in [5, 5.41) is 4.02. The molecule has 216 valence electrons. The number of β-lactam (4-membered cyclic amide) rings is 1. The van der Waals surface area contributed by atoms with E-state index in [0.29, 0.717) is 32.4 Å². The maximum absolute atomic E-state index is 13.5. The van der Waals surface area contributed by atoms with Crippen molar-refractivity contribution in [3.8, 4) is 0 Å². The number of likely N-dealkylation sites (tertiary alicyclic amines) is 1. The Morgan fingerprint density at radius 2 is 1.77 bits per heavy atom. The van der Waals surface area contributed by atoms with Crippen LogP contribution in [0.5, 0.6) is 0 Å². The summed E-state index contributed by atoms with van der Waals surface area (Å²) in [6.45, 7) is 15.7. The van der Waals surface area contributed by atoms with E-state index >= 15 is 0 Å². The number of fused-ring (bicyclic) bond motifs is 1. The average molecular weight is 543 g/mol. The number of likely N-dealkylation sites (N-methyl/N-ethyl adjacent to an activating group) is 2. The summed E-state index contributed by atoms with van der Waals surface area (Å²) < 4.78 is 11.6. The summed E-state index contributed by atoms with van der Waals surface area (Å²) in [4.78, 5) is 45.1. The Kier molecular flexibility index (Phi) is 10.9. The quantitative estimate of drug-likeness (QED) is 0.312. The first-order valence-corrected chi connectivity index (χ1v) is 14.5. The number of urea groups is 1. The molecule has 0 bridgehead atoms. The van der Waals surface area contributed by atoms with Crippen molar-refractivity contribution in [1.82, 2.24) is 20.0 Å². The maximum Gasteiger partial charge on any atom is 0.326 e. The highest BCUT2D eigenvalue weighted by Gasteiger charge is 2.62. The number of carbonyl (C=O) groups excluding carboxylic acids is 3. The highest BCUT2D eigenvalue weighted by molar-refractivity contribution is 6.03. The van der Waals surface area contributed by atoms with Gasteiger partial charge in [0, 0.05) is 25.0 Å². The van der Waals surface area contributed by atoms with Crippen LogP contribution in [-0.4, -0.2) is 78.1 Å². The second kappa shape index (κ2) is 13.9. The van der Waals surface area contributed by atoms with Crippen molar-refractivity contribution in [3.63, 3.8) is 0 Å². The fourth-order valence-corrected chi connectivity index (χ4v) is 5.50. The van der Waals surface area contributed by atoms with Crippen LogP contribution in [0.3, 0.4) is 0 Å². The summed E-state index contributed by atoms with van der Waals surface area (Å²) in [5.41, 5.74) is 0.917. The van der Waals surface area contributed by atoms with E-state index in [1.165, 1.54) is 4.90 Å². The van der Waals surface area contributed by atoms with Gasteiger partial charge in [-0.25, -0.2) is 9.69 Å². The van der Waals surface area contributed by atoms with Gasteiger partial charge in [0.25, 0.3) is 0 Å². The maximum atomic E-state index is 13.5. The first kappa shape index (κ1) is 30.6. The number of ether oxygens (including phenoxy) is 1. The lowest BCUT2D eigenvalue weighted by molar-refractivity contribution is -0.212. The minimum Gasteiger partial charge on any atom is -0.464 e. The van der Waals surface area contributed by atoms with Gasteiger partial charge < -0.3 is 24.3 Å². The molecule has 3 rings (SSSR count). The fourth-order valence-electron chi connectivity index (χ4n) is 5.50. The van der Waals surface area contributed by atoms with Crippen molar-refractivity contribution >= 4 is 28.8 Å². The lowest BCUT2D eigenvalue weighted by Gasteiger charge is -2.53. The lowest BCUT2D eigenvalue weighted by atomic mass is 9.72. The highest BCUT2D eigenvalue weighted by atomic mass is 16.5. The molecule has 9 heteroatoms. The van der Waals surface area contributed by atoms with Crippen molar-refractivity contribution in [2.45, 2.75) is 79.5 Å². The third-order valence-corrected chi connectivity index (χ3v) is 8.27. The summed E-state index contributed by atoms with van der Waals surface area (Å²) in [6, 6.07) is 6.97. The standard InChI is InChI=1S/C30H46N4O5/c1-7-13-24(22-14-15-25-23(20-22)16-19-38-25)31-29(37)34-27(36)30(8-2,9-3)28(34)39-21-26(35)33(12-6)18-17-32(10-4)11-5/h14-16,19-20,24,28H,7-13,17-18,21H2,1-6H3,(H,31,37). The Labute approximate surface area is 232 Å². The molecular formula is C30H46N4O5. The fraction of sp³-hybridized carbons (Fsp3) is 0.633. The van der Waals surface area contributed by atoms with E-state index in [1.807, 2.05) is 45.0 Å². The molecule has 1 fully saturated rings. The predicted molar refractivity (Wildman–Crippen MR) is 152 cm³/mol. The van der Waals surface area contributed by atoms with Gasteiger partial charge in [0.05, 0.1) is 17.7 Å². The number of rotatable bonds is 15. The van der Waals surface area contributed by atoms with Gasteiger partial charge in [-0.1, -0.05) is 47.1 Å². The molecule has 1 aliphatic heterocycles. The molecule has 2 atom stereocenters. The Bertz CT molecular complexity index is 1110. The van der Waals surface area contributed by atoms with E-state index in [2.05, 4.69) is 31.0 Å². The molecule has 0 saturated carbocycles. The average Bonchev–Trinajstić information content (AvgIpc) is 3.42. The number of hydrogen-bond donors (Lipinski definition) is 1. The molecule has 9 nitrogen and oxygen atoms in total. The monoisotopic (exact) mass is 542 g/mol. The van der Waals surface area contributed by atoms with Crippen LogP contribution in [0.15, 0.2) is 34.9 Å². The van der Waals surface area contributed by atoms with Gasteiger partial charge in [0.15, 0.2) is 6.23 Å². The Hall–Kier alpha value is -2.91. The van der Waals surface area contributed by atoms with Crippen LogP contribution in [-0.2, 0) is 14.3 Å². The van der Waals surface area contributed by atoms with E-state index in [-0.39, 0.29) is 24.5 Å². The second-order valence-corrected chi connectivity index (χ2v) is 10.2. The van der Waals surface area contributed by atoms with Crippen LogP contribution in [0.4, 0.5) is 4.79 Å². The topological polar surface area (TPSA) is 95.3 Å². The highest BCUT2D eigenvalue weighted by Crippen LogP contribution is 2.46. The van der Waals surface area contributed by atoms with Gasteiger partial charge in [-0.05, 0) is 63.0 Å². The van der Waals surface area contributed by atoms with E-state index in [1.54, 1.807) is 11.2 Å². The molecule has 1 aromatic carbocycles. The molecule has 0 aliphatic carbocycles. The van der Waals surface area contributed by atoms with Crippen molar-refractivity contribution < 1.29 is 23.5 Å². The molecule has 4 amide bonds. The van der Waals surface area contributed by atoms with Crippen LogP contribution < -0.4 is 5.32 Å². The third-order valence-electron chi connectivity index (χ3n) is 8.27. The summed E-state index contributed by atoms with van der Waals surface area (Å²) in [5.74, 6) is -0.389. The number of imide groups is 1. The summed E-state index contributed by atoms with van der Waals surface area (Å²) >= 11 is 0. The first-order valence-electron chi connectivity index (χ1n) is 14.5. The van der Waals surface area contributed by atoms with Gasteiger partial charge in [-0.15, -0.1) is 0 Å². The molecule has 39 heavy (non-hydrogen) atoms. The zero-order valence-electron chi connectivity index (χ0n) is 24.5. The van der Waals surface area contributed by atoms with Crippen molar-refractivity contribution in [3.05, 3.63) is 36.1 Å². The van der Waals surface area contributed by atoms with Crippen molar-refractivity contribution in [1.29, 1.82) is 0 Å². The van der Waals surface area contributed by atoms with Gasteiger partial charge >= 0.3 is 6.03 Å². The minimum absolute atomic E-state index is 0.136. The van der Waals surface area contributed by atoms with E-state index in [9.17, 15) is 14.4 Å². The molecule has 1 aliphatic rings. The summed E-state index contributed by atoms with van der Waals surface area (Å²) in [6.07, 6.45) is 3.47. The Morgan fingerprint density at radius 3 is 2.38 bits per heavy atom. The molecule has 0 spiro atoms. The molecule has 0 radical (unpaired) electrons. The van der Waals surface area contributed by atoms with Crippen LogP contribution in [0, 0.1) is 5.41 Å². The van der Waals surface area contributed by atoms with Crippen LogP contribution in [0.25, 0.3) is 11.0 Å². The van der Waals surface area contributed by atoms with Gasteiger partial charge in [-0.2, -0.15) is 0 Å². The molecule has 2 unspecified atom stereocenters. The largest absolute Gasteiger partial charge is 0.464 e. The number of amides is 4. The third kappa shape index (κ3) is 6.47. The Morgan fingerprint density at radius 1 is 1.05 bits per heavy atom. The molecule has 2 aromatic rings. The number of nitrogens with one attached hydrogen (secondary N) is 1. The smallest absolute Gasteiger partial charge is 0.326 e. The summed E-state index contributed by atoms with van der Waals surface area (Å²) in [7, 11) is 0. The van der Waals surface area contributed by atoms with Crippen molar-refractivity contribution in [2.24, 2.45) is 5.41 Å². The molecule has 1 saturated heterocycles. The molecule has 1 aromatic heterocycles. The number of carbonyl (C=O) groups is 3. The van der Waals surface area contributed by atoms with Crippen LogP contribution in [0.1, 0.15) is 78.8 Å². The molecule has 2 heterocycles. The zero-order valence-corrected chi connectivity index (χ0v) is 24.5. The lowest BCUT2D eigenvalue weighted by Crippen LogP contribution is -2.72. The normalized spacial score (nSPS) is 17.4. The predicted octanol–water partition coefficient (Wildman–Crippen LogP) is 5.17. The number of benzene rings is 1. The van der Waals surface area contributed by atoms with Crippen LogP contribution in [0.2, 0.25) is 0 Å². The van der Waals surface area contributed by atoms with E-state index < -0.39 is 17.7 Å². The SMILES string of the molecule is CCCC(NC(=O)N1C(=O)C(CC)(CC)C1OCC(=O)N(CC)CCN(CC)CC)c1ccc2occc2c1. The second-order valence-electron chi connectivity index (χ2n) is 10.2. The number of furan rings is 1. The first-order chi connectivity index (χ1) is 18.8. The minimum atomic E-state index is -0.814. The molecular weight excluding hydrogens is 496 g/mol. The van der Waals surface area contributed by atoms with E-state index in [0.717, 1.165) is 42.6 Å². The Balaban J connectivity index is 1.72. The van der Waals surface area contributed by atoms with Crippen molar-refractivity contribution in [2.75, 3.05) is 39.3 Å². The molecule has 1 N–H and O–H groups in total. The number of hydrogen-bond acceptors (Lipinski definition) is 6. The van der Waals surface area contributed by atoms with Gasteiger partial charge in [0.1, 0.15) is 12.2 Å². The number of nitrogens with zero attached hydrogens (tertiary/aromatic N) is 3.